The minimum atomic E-state index is -0.562. The number of likely N-dealkylation sites (tertiary alicyclic amines) is 1. The van der Waals surface area contributed by atoms with Crippen molar-refractivity contribution >= 4 is 11.6 Å². The molecule has 3 rings (SSSR count). The first-order valence-electron chi connectivity index (χ1n) is 10.2. The van der Waals surface area contributed by atoms with E-state index in [4.69, 9.17) is 4.42 Å². The van der Waals surface area contributed by atoms with Gasteiger partial charge < -0.3 is 9.73 Å². The molecular formula is C23H30N2O3. The maximum absolute atomic E-state index is 12.8. The molecule has 0 bridgehead atoms. The number of hydrogen-bond donors (Lipinski definition) is 1. The van der Waals surface area contributed by atoms with Crippen molar-refractivity contribution in [3.8, 4) is 0 Å². The van der Waals surface area contributed by atoms with Gasteiger partial charge in [-0.1, -0.05) is 32.0 Å². The van der Waals surface area contributed by atoms with Crippen LogP contribution in [0.4, 0.5) is 5.69 Å². The van der Waals surface area contributed by atoms with Gasteiger partial charge in [-0.15, -0.1) is 0 Å². The van der Waals surface area contributed by atoms with E-state index >= 15 is 0 Å². The van der Waals surface area contributed by atoms with E-state index in [0.717, 1.165) is 37.3 Å². The molecule has 0 spiro atoms. The van der Waals surface area contributed by atoms with Crippen LogP contribution in [0.15, 0.2) is 39.5 Å². The molecule has 2 aromatic rings. The Hall–Kier alpha value is -2.40. The quantitative estimate of drug-likeness (QED) is 0.772. The third kappa shape index (κ3) is 5.10. The molecule has 0 radical (unpaired) electrons. The van der Waals surface area contributed by atoms with Crippen LogP contribution in [0.5, 0.6) is 0 Å². The fourth-order valence-electron chi connectivity index (χ4n) is 3.65. The highest BCUT2D eigenvalue weighted by molar-refractivity contribution is 6.05. The number of carbonyl (C=O) groups excluding carboxylic acids is 1. The second-order valence-corrected chi connectivity index (χ2v) is 8.09. The van der Waals surface area contributed by atoms with Gasteiger partial charge in [-0.2, -0.15) is 0 Å². The molecule has 1 fully saturated rings. The number of nitrogens with one attached hydrogen (secondary N) is 1. The van der Waals surface area contributed by atoms with Gasteiger partial charge in [0, 0.05) is 18.7 Å². The normalized spacial score (nSPS) is 14.6. The maximum Gasteiger partial charge on any atom is 0.349 e. The zero-order chi connectivity index (χ0) is 20.1. The van der Waals surface area contributed by atoms with Crippen LogP contribution in [-0.4, -0.2) is 23.9 Å². The van der Waals surface area contributed by atoms with Crippen molar-refractivity contribution in [3.05, 3.63) is 63.2 Å². The van der Waals surface area contributed by atoms with Gasteiger partial charge in [-0.3, -0.25) is 9.69 Å². The van der Waals surface area contributed by atoms with E-state index in [1.54, 1.807) is 6.92 Å². The van der Waals surface area contributed by atoms with Crippen molar-refractivity contribution < 1.29 is 9.21 Å². The summed E-state index contributed by atoms with van der Waals surface area (Å²) in [6, 6.07) is 9.60. The van der Waals surface area contributed by atoms with E-state index in [9.17, 15) is 9.59 Å². The molecule has 0 saturated carbocycles. The maximum atomic E-state index is 12.8. The molecule has 1 aliphatic heterocycles. The van der Waals surface area contributed by atoms with E-state index < -0.39 is 11.5 Å². The number of carbonyl (C=O) groups is 1. The average Bonchev–Trinajstić information content (AvgIpc) is 3.14. The summed E-state index contributed by atoms with van der Waals surface area (Å²) in [6.07, 6.45) is 4.09. The van der Waals surface area contributed by atoms with Crippen LogP contribution in [0.1, 0.15) is 60.4 Å². The van der Waals surface area contributed by atoms with E-state index in [0.29, 0.717) is 23.7 Å². The van der Waals surface area contributed by atoms with Gasteiger partial charge in [-0.25, -0.2) is 4.79 Å². The minimum Gasteiger partial charge on any atom is -0.427 e. The Labute approximate surface area is 166 Å². The Kier molecular flexibility index (Phi) is 6.68. The largest absolute Gasteiger partial charge is 0.427 e. The Morgan fingerprint density at radius 2 is 1.93 bits per heavy atom. The van der Waals surface area contributed by atoms with Crippen LogP contribution in [0.2, 0.25) is 0 Å². The zero-order valence-corrected chi connectivity index (χ0v) is 17.1. The molecule has 150 valence electrons. The predicted molar refractivity (Wildman–Crippen MR) is 112 cm³/mol. The lowest BCUT2D eigenvalue weighted by atomic mass is 10.0. The van der Waals surface area contributed by atoms with E-state index in [1.165, 1.54) is 12.8 Å². The van der Waals surface area contributed by atoms with E-state index in [-0.39, 0.29) is 5.56 Å². The summed E-state index contributed by atoms with van der Waals surface area (Å²) in [4.78, 5) is 27.7. The number of anilines is 1. The molecule has 28 heavy (non-hydrogen) atoms. The number of para-hydroxylation sites is 1. The van der Waals surface area contributed by atoms with Crippen molar-refractivity contribution in [1.29, 1.82) is 0 Å². The molecule has 1 aromatic heterocycles. The van der Waals surface area contributed by atoms with Crippen molar-refractivity contribution in [3.63, 3.8) is 0 Å². The van der Waals surface area contributed by atoms with Gasteiger partial charge in [-0.05, 0) is 68.5 Å². The summed E-state index contributed by atoms with van der Waals surface area (Å²) in [6.45, 7) is 9.03. The van der Waals surface area contributed by atoms with Gasteiger partial charge in [0.05, 0.1) is 0 Å². The molecule has 2 heterocycles. The number of benzene rings is 1. The van der Waals surface area contributed by atoms with E-state index in [2.05, 4.69) is 24.1 Å². The monoisotopic (exact) mass is 382 g/mol. The summed E-state index contributed by atoms with van der Waals surface area (Å²) in [5.74, 6) is 0.762. The minimum absolute atomic E-state index is 0.0873. The van der Waals surface area contributed by atoms with Crippen LogP contribution in [-0.2, 0) is 13.0 Å². The average molecular weight is 383 g/mol. The molecule has 5 heteroatoms. The smallest absolute Gasteiger partial charge is 0.349 e. The molecule has 1 N–H and O–H groups in total. The lowest BCUT2D eigenvalue weighted by Crippen LogP contribution is -2.25. The number of amides is 1. The van der Waals surface area contributed by atoms with Crippen LogP contribution in [0.25, 0.3) is 0 Å². The number of hydrogen-bond acceptors (Lipinski definition) is 4. The lowest BCUT2D eigenvalue weighted by molar-refractivity contribution is 0.102. The summed E-state index contributed by atoms with van der Waals surface area (Å²) in [5.41, 5.74) is 2.00. The fraction of sp³-hybridized carbons (Fsp3) is 0.478. The number of nitrogens with zero attached hydrogens (tertiary/aromatic N) is 1. The molecule has 1 aliphatic rings. The highest BCUT2D eigenvalue weighted by Crippen LogP contribution is 2.21. The fourth-order valence-corrected chi connectivity index (χ4v) is 3.65. The molecule has 1 aromatic carbocycles. The van der Waals surface area contributed by atoms with Crippen molar-refractivity contribution in [1.82, 2.24) is 4.90 Å². The highest BCUT2D eigenvalue weighted by Gasteiger charge is 2.19. The first-order valence-corrected chi connectivity index (χ1v) is 10.2. The second-order valence-electron chi connectivity index (χ2n) is 8.09. The Morgan fingerprint density at radius 3 is 2.61 bits per heavy atom. The second kappa shape index (κ2) is 9.20. The molecule has 1 saturated heterocycles. The van der Waals surface area contributed by atoms with Gasteiger partial charge in [0.25, 0.3) is 5.91 Å². The van der Waals surface area contributed by atoms with Crippen LogP contribution < -0.4 is 10.9 Å². The Balaban J connectivity index is 1.77. The summed E-state index contributed by atoms with van der Waals surface area (Å²) < 4.78 is 5.41. The Bertz CT molecular complexity index is 880. The standard InChI is InChI=1S/C23H30N2O3/c1-16(2)10-11-19-14-17(3)21(23(27)28-19)22(26)24-20-9-5-4-8-18(20)15-25-12-6-7-13-25/h4-5,8-9,14,16H,6-7,10-13,15H2,1-3H3,(H,24,26). The molecule has 0 unspecified atom stereocenters. The number of aryl methyl sites for hydroxylation is 2. The van der Waals surface area contributed by atoms with Crippen LogP contribution in [0.3, 0.4) is 0 Å². The summed E-state index contributed by atoms with van der Waals surface area (Å²) in [5, 5.41) is 2.93. The van der Waals surface area contributed by atoms with Crippen molar-refractivity contribution in [2.75, 3.05) is 18.4 Å². The zero-order valence-electron chi connectivity index (χ0n) is 17.1. The van der Waals surface area contributed by atoms with Crippen molar-refractivity contribution in [2.45, 2.75) is 53.0 Å². The van der Waals surface area contributed by atoms with Crippen LogP contribution in [0, 0.1) is 12.8 Å². The molecule has 1 amide bonds. The summed E-state index contributed by atoms with van der Waals surface area (Å²) in [7, 11) is 0. The van der Waals surface area contributed by atoms with E-state index in [1.807, 2.05) is 30.3 Å². The molecule has 0 atom stereocenters. The van der Waals surface area contributed by atoms with Crippen molar-refractivity contribution in [2.24, 2.45) is 5.92 Å². The number of rotatable bonds is 7. The topological polar surface area (TPSA) is 62.6 Å². The molecular weight excluding hydrogens is 352 g/mol. The van der Waals surface area contributed by atoms with Gasteiger partial charge in [0.1, 0.15) is 11.3 Å². The Morgan fingerprint density at radius 1 is 1.21 bits per heavy atom. The molecule has 5 nitrogen and oxygen atoms in total. The molecule has 0 aliphatic carbocycles. The lowest BCUT2D eigenvalue weighted by Gasteiger charge is -2.18. The van der Waals surface area contributed by atoms with Crippen LogP contribution >= 0.6 is 0 Å². The van der Waals surface area contributed by atoms with Gasteiger partial charge >= 0.3 is 5.63 Å². The third-order valence-electron chi connectivity index (χ3n) is 5.25. The highest BCUT2D eigenvalue weighted by atomic mass is 16.4. The first-order chi connectivity index (χ1) is 13.4. The first kappa shape index (κ1) is 20.3. The predicted octanol–water partition coefficient (Wildman–Crippen LogP) is 4.38. The van der Waals surface area contributed by atoms with Gasteiger partial charge in [0.15, 0.2) is 0 Å². The summed E-state index contributed by atoms with van der Waals surface area (Å²) >= 11 is 0. The SMILES string of the molecule is Cc1cc(CCC(C)C)oc(=O)c1C(=O)Nc1ccccc1CN1CCCC1. The third-order valence-corrected chi connectivity index (χ3v) is 5.25. The van der Waals surface area contributed by atoms with Gasteiger partial charge in [0.2, 0.25) is 0 Å².